The first-order valence-corrected chi connectivity index (χ1v) is 11.0. The number of hydrogen-bond donors (Lipinski definition) is 1. The number of phenols is 1. The van der Waals surface area contributed by atoms with Gasteiger partial charge in [-0.1, -0.05) is 64.0 Å². The molecule has 0 amide bonds. The Kier molecular flexibility index (Phi) is 4.73. The molecule has 0 aliphatic carbocycles. The van der Waals surface area contributed by atoms with Crippen LogP contribution in [0.3, 0.4) is 0 Å². The van der Waals surface area contributed by atoms with Crippen molar-refractivity contribution in [2.75, 3.05) is 0 Å². The van der Waals surface area contributed by atoms with Crippen molar-refractivity contribution in [3.05, 3.63) is 88.9 Å². The van der Waals surface area contributed by atoms with Gasteiger partial charge in [0, 0.05) is 21.5 Å². The summed E-state index contributed by atoms with van der Waals surface area (Å²) >= 11 is 3.46. The van der Waals surface area contributed by atoms with E-state index < -0.39 is 9.84 Å². The van der Waals surface area contributed by atoms with E-state index in [1.807, 2.05) is 49.4 Å². The van der Waals surface area contributed by atoms with Crippen molar-refractivity contribution < 1.29 is 13.5 Å². The third kappa shape index (κ3) is 3.21. The van der Waals surface area contributed by atoms with E-state index in [0.29, 0.717) is 16.3 Å². The van der Waals surface area contributed by atoms with Gasteiger partial charge >= 0.3 is 0 Å². The van der Waals surface area contributed by atoms with Crippen LogP contribution >= 0.6 is 15.9 Å². The number of halogens is 1. The number of aryl methyl sites for hydroxylation is 1. The van der Waals surface area contributed by atoms with Crippen molar-refractivity contribution in [1.82, 2.24) is 0 Å². The molecule has 140 valence electrons. The van der Waals surface area contributed by atoms with Crippen molar-refractivity contribution in [2.45, 2.75) is 16.7 Å². The van der Waals surface area contributed by atoms with Crippen molar-refractivity contribution in [2.24, 2.45) is 0 Å². The molecule has 1 N–H and O–H groups in total. The molecule has 4 rings (SSSR count). The number of aromatic hydroxyl groups is 1. The quantitative estimate of drug-likeness (QED) is 0.407. The SMILES string of the molecule is Cc1ccc(S(=O)(=O)c2cc(O)c3ccc(Br)cc3c2-c2ccccc2)cc1. The van der Waals surface area contributed by atoms with E-state index in [4.69, 9.17) is 0 Å². The standard InChI is InChI=1S/C23H17BrO3S/c1-15-7-10-18(11-8-15)28(26,27)22-14-21(25)19-12-9-17(24)13-20(19)23(22)16-5-3-2-4-6-16/h2-14,25H,1H3. The van der Waals surface area contributed by atoms with Gasteiger partial charge in [-0.3, -0.25) is 0 Å². The summed E-state index contributed by atoms with van der Waals surface area (Å²) in [7, 11) is -3.84. The van der Waals surface area contributed by atoms with Gasteiger partial charge in [-0.05, 0) is 48.2 Å². The lowest BCUT2D eigenvalue weighted by molar-refractivity contribution is 0.479. The number of rotatable bonds is 3. The molecule has 0 heterocycles. The molecule has 0 unspecified atom stereocenters. The smallest absolute Gasteiger partial charge is 0.207 e. The molecule has 4 aromatic carbocycles. The molecule has 0 aromatic heterocycles. The first kappa shape index (κ1) is 18.7. The van der Waals surface area contributed by atoms with E-state index in [1.165, 1.54) is 6.07 Å². The van der Waals surface area contributed by atoms with Gasteiger partial charge in [-0.2, -0.15) is 0 Å². The molecule has 5 heteroatoms. The lowest BCUT2D eigenvalue weighted by atomic mass is 9.97. The third-order valence-electron chi connectivity index (χ3n) is 4.72. The summed E-state index contributed by atoms with van der Waals surface area (Å²) < 4.78 is 27.8. The van der Waals surface area contributed by atoms with E-state index >= 15 is 0 Å². The molecule has 0 saturated carbocycles. The summed E-state index contributed by atoms with van der Waals surface area (Å²) in [6, 6.07) is 22.9. The van der Waals surface area contributed by atoms with Gasteiger partial charge in [0.05, 0.1) is 9.79 Å². The molecule has 3 nitrogen and oxygen atoms in total. The summed E-state index contributed by atoms with van der Waals surface area (Å²) in [4.78, 5) is 0.287. The van der Waals surface area contributed by atoms with Gasteiger partial charge < -0.3 is 5.11 Å². The maximum Gasteiger partial charge on any atom is 0.207 e. The van der Waals surface area contributed by atoms with Crippen LogP contribution < -0.4 is 0 Å². The van der Waals surface area contributed by atoms with Crippen LogP contribution in [0.4, 0.5) is 0 Å². The summed E-state index contributed by atoms with van der Waals surface area (Å²) in [5.41, 5.74) is 2.33. The predicted molar refractivity (Wildman–Crippen MR) is 115 cm³/mol. The van der Waals surface area contributed by atoms with Gasteiger partial charge in [-0.15, -0.1) is 0 Å². The monoisotopic (exact) mass is 452 g/mol. The van der Waals surface area contributed by atoms with Gasteiger partial charge in [0.2, 0.25) is 9.84 Å². The number of phenolic OH excluding ortho intramolecular Hbond substituents is 1. The van der Waals surface area contributed by atoms with Crippen LogP contribution in [0.2, 0.25) is 0 Å². The van der Waals surface area contributed by atoms with Crippen LogP contribution in [0.1, 0.15) is 5.56 Å². The zero-order valence-electron chi connectivity index (χ0n) is 15.1. The minimum Gasteiger partial charge on any atom is -0.507 e. The first-order valence-electron chi connectivity index (χ1n) is 8.70. The molecule has 0 bridgehead atoms. The normalized spacial score (nSPS) is 11.6. The van der Waals surface area contributed by atoms with E-state index in [9.17, 15) is 13.5 Å². The van der Waals surface area contributed by atoms with Crippen LogP contribution in [-0.2, 0) is 9.84 Å². The fraction of sp³-hybridized carbons (Fsp3) is 0.0435. The minimum absolute atomic E-state index is 0.0622. The molecule has 0 spiro atoms. The van der Waals surface area contributed by atoms with Crippen LogP contribution in [0, 0.1) is 6.92 Å². The second-order valence-electron chi connectivity index (χ2n) is 6.64. The predicted octanol–water partition coefficient (Wildman–Crippen LogP) is 6.12. The Morgan fingerprint density at radius 3 is 2.18 bits per heavy atom. The fourth-order valence-corrected chi connectivity index (χ4v) is 5.19. The molecular formula is C23H17BrO3S. The van der Waals surface area contributed by atoms with E-state index in [0.717, 1.165) is 15.6 Å². The number of sulfone groups is 1. The number of hydrogen-bond acceptors (Lipinski definition) is 3. The Bertz CT molecular complexity index is 1280. The topological polar surface area (TPSA) is 54.4 Å². The average Bonchev–Trinajstić information content (AvgIpc) is 2.68. The summed E-state index contributed by atoms with van der Waals surface area (Å²) in [5, 5.41) is 11.9. The Labute approximate surface area is 172 Å². The van der Waals surface area contributed by atoms with Crippen LogP contribution in [0.25, 0.3) is 21.9 Å². The summed E-state index contributed by atoms with van der Waals surface area (Å²) in [6.45, 7) is 1.91. The molecule has 0 atom stereocenters. The second-order valence-corrected chi connectivity index (χ2v) is 9.48. The highest BCUT2D eigenvalue weighted by Gasteiger charge is 2.25. The molecule has 0 saturated heterocycles. The molecular weight excluding hydrogens is 436 g/mol. The first-order chi connectivity index (χ1) is 13.4. The number of benzene rings is 4. The molecule has 28 heavy (non-hydrogen) atoms. The maximum absolute atomic E-state index is 13.5. The molecule has 0 fully saturated rings. The number of fused-ring (bicyclic) bond motifs is 1. The summed E-state index contributed by atoms with van der Waals surface area (Å²) in [6.07, 6.45) is 0. The Morgan fingerprint density at radius 2 is 1.50 bits per heavy atom. The lowest BCUT2D eigenvalue weighted by Crippen LogP contribution is -2.05. The van der Waals surface area contributed by atoms with Gasteiger partial charge in [0.1, 0.15) is 5.75 Å². The highest BCUT2D eigenvalue weighted by molar-refractivity contribution is 9.10. The Balaban J connectivity index is 2.13. The average molecular weight is 453 g/mol. The van der Waals surface area contributed by atoms with Crippen molar-refractivity contribution in [3.63, 3.8) is 0 Å². The van der Waals surface area contributed by atoms with Crippen LogP contribution in [-0.4, -0.2) is 13.5 Å². The zero-order valence-corrected chi connectivity index (χ0v) is 17.5. The van der Waals surface area contributed by atoms with E-state index in [-0.39, 0.29) is 15.5 Å². The third-order valence-corrected chi connectivity index (χ3v) is 7.01. The van der Waals surface area contributed by atoms with Gasteiger partial charge in [0.15, 0.2) is 0 Å². The minimum atomic E-state index is -3.84. The lowest BCUT2D eigenvalue weighted by Gasteiger charge is -2.16. The summed E-state index contributed by atoms with van der Waals surface area (Å²) in [5.74, 6) is -0.0622. The van der Waals surface area contributed by atoms with Crippen LogP contribution in [0.5, 0.6) is 5.75 Å². The highest BCUT2D eigenvalue weighted by Crippen LogP contribution is 2.42. The van der Waals surface area contributed by atoms with E-state index in [2.05, 4.69) is 15.9 Å². The molecule has 0 radical (unpaired) electrons. The second kappa shape index (κ2) is 7.08. The Morgan fingerprint density at radius 1 is 0.821 bits per heavy atom. The van der Waals surface area contributed by atoms with Crippen molar-refractivity contribution in [1.29, 1.82) is 0 Å². The molecule has 0 aliphatic rings. The van der Waals surface area contributed by atoms with Gasteiger partial charge in [0.25, 0.3) is 0 Å². The highest BCUT2D eigenvalue weighted by atomic mass is 79.9. The van der Waals surface area contributed by atoms with Crippen molar-refractivity contribution >= 4 is 36.5 Å². The largest absolute Gasteiger partial charge is 0.507 e. The molecule has 4 aromatic rings. The van der Waals surface area contributed by atoms with Crippen molar-refractivity contribution in [3.8, 4) is 16.9 Å². The van der Waals surface area contributed by atoms with E-state index in [1.54, 1.807) is 30.3 Å². The maximum atomic E-state index is 13.5. The fourth-order valence-electron chi connectivity index (χ4n) is 3.31. The van der Waals surface area contributed by atoms with Gasteiger partial charge in [-0.25, -0.2) is 8.42 Å². The molecule has 0 aliphatic heterocycles. The zero-order chi connectivity index (χ0) is 19.9. The Hall–Kier alpha value is -2.63. The van der Waals surface area contributed by atoms with Crippen LogP contribution in [0.15, 0.2) is 93.1 Å².